The normalized spacial score (nSPS) is 34.8. The van der Waals surface area contributed by atoms with Crippen molar-refractivity contribution in [3.05, 3.63) is 35.4 Å². The van der Waals surface area contributed by atoms with Crippen molar-refractivity contribution in [1.82, 2.24) is 5.32 Å². The third kappa shape index (κ3) is 3.02. The van der Waals surface area contributed by atoms with Gasteiger partial charge in [0.15, 0.2) is 0 Å². The largest absolute Gasteiger partial charge is 0.311 e. The summed E-state index contributed by atoms with van der Waals surface area (Å²) in [4.78, 5) is 0. The van der Waals surface area contributed by atoms with Gasteiger partial charge in [-0.15, -0.1) is 0 Å². The van der Waals surface area contributed by atoms with Crippen LogP contribution < -0.4 is 5.32 Å². The Bertz CT molecular complexity index is 425. The fourth-order valence-electron chi connectivity index (χ4n) is 3.91. The van der Waals surface area contributed by atoms with Crippen LogP contribution in [0.1, 0.15) is 50.7 Å². The average Bonchev–Trinajstić information content (AvgIpc) is 2.43. The van der Waals surface area contributed by atoms with Crippen molar-refractivity contribution >= 4 is 0 Å². The minimum absolute atomic E-state index is 0.702. The van der Waals surface area contributed by atoms with Crippen molar-refractivity contribution in [3.63, 3.8) is 0 Å². The van der Waals surface area contributed by atoms with Crippen LogP contribution >= 0.6 is 0 Å². The summed E-state index contributed by atoms with van der Waals surface area (Å²) in [5, 5.41) is 3.98. The first-order valence-corrected chi connectivity index (χ1v) is 8.05. The van der Waals surface area contributed by atoms with E-state index in [1.165, 1.54) is 38.5 Å². The number of hydrogen-bond donors (Lipinski definition) is 1. The predicted molar refractivity (Wildman–Crippen MR) is 81.4 cm³/mol. The fourth-order valence-corrected chi connectivity index (χ4v) is 3.91. The first kappa shape index (κ1) is 13.2. The lowest BCUT2D eigenvalue weighted by molar-refractivity contribution is 0.207. The van der Waals surface area contributed by atoms with Gasteiger partial charge in [0.25, 0.3) is 0 Å². The Hall–Kier alpha value is -0.820. The van der Waals surface area contributed by atoms with Gasteiger partial charge in [0.2, 0.25) is 0 Å². The standard InChI is InChI=1S/C18H27N/c1-13-7-8-14(2)18(11-13)19-17-10-9-15-5-3-4-6-16(15)12-17/h3-6,13-14,17-19H,7-12H2,1-2H3. The van der Waals surface area contributed by atoms with Crippen molar-refractivity contribution in [2.75, 3.05) is 0 Å². The van der Waals surface area contributed by atoms with Crippen molar-refractivity contribution < 1.29 is 0 Å². The molecule has 2 aliphatic rings. The van der Waals surface area contributed by atoms with Crippen LogP contribution in [0.3, 0.4) is 0 Å². The van der Waals surface area contributed by atoms with E-state index in [2.05, 4.69) is 43.4 Å². The van der Waals surface area contributed by atoms with E-state index < -0.39 is 0 Å². The third-order valence-electron chi connectivity index (χ3n) is 5.25. The summed E-state index contributed by atoms with van der Waals surface area (Å²) >= 11 is 0. The van der Waals surface area contributed by atoms with E-state index in [-0.39, 0.29) is 0 Å². The van der Waals surface area contributed by atoms with Gasteiger partial charge < -0.3 is 5.32 Å². The Balaban J connectivity index is 1.62. The molecule has 1 aromatic rings. The Kier molecular flexibility index (Phi) is 3.93. The molecule has 3 rings (SSSR count). The molecule has 0 spiro atoms. The molecule has 0 aromatic heterocycles. The molecule has 0 radical (unpaired) electrons. The van der Waals surface area contributed by atoms with Crippen LogP contribution in [0.15, 0.2) is 24.3 Å². The van der Waals surface area contributed by atoms with Crippen LogP contribution in [0.4, 0.5) is 0 Å². The highest BCUT2D eigenvalue weighted by atomic mass is 15.0. The van der Waals surface area contributed by atoms with Crippen LogP contribution in [0.5, 0.6) is 0 Å². The summed E-state index contributed by atoms with van der Waals surface area (Å²) in [6.07, 6.45) is 8.00. The highest BCUT2D eigenvalue weighted by Crippen LogP contribution is 2.30. The Morgan fingerprint density at radius 2 is 1.79 bits per heavy atom. The van der Waals surface area contributed by atoms with Gasteiger partial charge in [-0.05, 0) is 55.1 Å². The van der Waals surface area contributed by atoms with Gasteiger partial charge >= 0.3 is 0 Å². The van der Waals surface area contributed by atoms with Gasteiger partial charge in [-0.2, -0.15) is 0 Å². The number of benzene rings is 1. The van der Waals surface area contributed by atoms with Crippen LogP contribution in [-0.2, 0) is 12.8 Å². The van der Waals surface area contributed by atoms with Gasteiger partial charge in [-0.1, -0.05) is 44.5 Å². The topological polar surface area (TPSA) is 12.0 Å². The summed E-state index contributed by atoms with van der Waals surface area (Å²) in [7, 11) is 0. The molecule has 19 heavy (non-hydrogen) atoms. The van der Waals surface area contributed by atoms with Gasteiger partial charge in [0, 0.05) is 12.1 Å². The van der Waals surface area contributed by atoms with Crippen molar-refractivity contribution in [1.29, 1.82) is 0 Å². The highest BCUT2D eigenvalue weighted by Gasteiger charge is 2.28. The molecule has 2 aliphatic carbocycles. The molecule has 1 heteroatoms. The maximum absolute atomic E-state index is 3.98. The molecule has 1 fully saturated rings. The maximum Gasteiger partial charge on any atom is 0.0113 e. The summed E-state index contributed by atoms with van der Waals surface area (Å²) in [5.74, 6) is 1.76. The first-order valence-electron chi connectivity index (χ1n) is 8.05. The minimum atomic E-state index is 0.702. The zero-order valence-electron chi connectivity index (χ0n) is 12.4. The van der Waals surface area contributed by atoms with Gasteiger partial charge in [0.1, 0.15) is 0 Å². The van der Waals surface area contributed by atoms with Crippen LogP contribution in [0, 0.1) is 11.8 Å². The minimum Gasteiger partial charge on any atom is -0.311 e. The zero-order chi connectivity index (χ0) is 13.2. The quantitative estimate of drug-likeness (QED) is 0.845. The average molecular weight is 257 g/mol. The van der Waals surface area contributed by atoms with E-state index in [1.54, 1.807) is 11.1 Å². The van der Waals surface area contributed by atoms with Crippen molar-refractivity contribution in [2.45, 2.75) is 64.5 Å². The van der Waals surface area contributed by atoms with E-state index in [4.69, 9.17) is 0 Å². The third-order valence-corrected chi connectivity index (χ3v) is 5.25. The van der Waals surface area contributed by atoms with E-state index in [0.717, 1.165) is 17.9 Å². The summed E-state index contributed by atoms with van der Waals surface area (Å²) in [6.45, 7) is 4.84. The SMILES string of the molecule is CC1CCC(C)C(NC2CCc3ccccc3C2)C1. The zero-order valence-corrected chi connectivity index (χ0v) is 12.4. The molecule has 4 unspecified atom stereocenters. The molecule has 1 nitrogen and oxygen atoms in total. The fraction of sp³-hybridized carbons (Fsp3) is 0.667. The van der Waals surface area contributed by atoms with Crippen molar-refractivity contribution in [2.24, 2.45) is 11.8 Å². The monoisotopic (exact) mass is 257 g/mol. The molecular formula is C18H27N. The number of fused-ring (bicyclic) bond motifs is 1. The maximum atomic E-state index is 3.98. The van der Waals surface area contributed by atoms with Crippen LogP contribution in [-0.4, -0.2) is 12.1 Å². The molecule has 1 N–H and O–H groups in total. The smallest absolute Gasteiger partial charge is 0.0113 e. The van der Waals surface area contributed by atoms with Gasteiger partial charge in [0.05, 0.1) is 0 Å². The summed E-state index contributed by atoms with van der Waals surface area (Å²) in [6, 6.07) is 10.4. The number of hydrogen-bond acceptors (Lipinski definition) is 1. The van der Waals surface area contributed by atoms with E-state index in [0.29, 0.717) is 6.04 Å². The Labute approximate surface area is 117 Å². The second-order valence-electron chi connectivity index (χ2n) is 6.88. The molecule has 4 atom stereocenters. The molecular weight excluding hydrogens is 230 g/mol. The summed E-state index contributed by atoms with van der Waals surface area (Å²) in [5.41, 5.74) is 3.15. The molecule has 0 saturated heterocycles. The Morgan fingerprint density at radius 1 is 1.00 bits per heavy atom. The van der Waals surface area contributed by atoms with E-state index in [9.17, 15) is 0 Å². The molecule has 1 aromatic carbocycles. The second kappa shape index (κ2) is 5.66. The van der Waals surface area contributed by atoms with Crippen molar-refractivity contribution in [3.8, 4) is 0 Å². The molecule has 0 aliphatic heterocycles. The number of aryl methyl sites for hydroxylation is 1. The number of rotatable bonds is 2. The predicted octanol–water partition coefficient (Wildman–Crippen LogP) is 3.96. The molecule has 0 heterocycles. The van der Waals surface area contributed by atoms with Crippen LogP contribution in [0.25, 0.3) is 0 Å². The Morgan fingerprint density at radius 3 is 2.63 bits per heavy atom. The van der Waals surface area contributed by atoms with Gasteiger partial charge in [-0.25, -0.2) is 0 Å². The second-order valence-corrected chi connectivity index (χ2v) is 6.88. The van der Waals surface area contributed by atoms with E-state index >= 15 is 0 Å². The lowest BCUT2D eigenvalue weighted by Crippen LogP contribution is -2.47. The highest BCUT2D eigenvalue weighted by molar-refractivity contribution is 5.30. The molecule has 0 amide bonds. The van der Waals surface area contributed by atoms with Gasteiger partial charge in [-0.3, -0.25) is 0 Å². The number of nitrogens with one attached hydrogen (secondary N) is 1. The lowest BCUT2D eigenvalue weighted by Gasteiger charge is -2.37. The van der Waals surface area contributed by atoms with Crippen LogP contribution in [0.2, 0.25) is 0 Å². The lowest BCUT2D eigenvalue weighted by atomic mass is 9.79. The summed E-state index contributed by atoms with van der Waals surface area (Å²) < 4.78 is 0. The molecule has 104 valence electrons. The molecule has 0 bridgehead atoms. The first-order chi connectivity index (χ1) is 9.22. The molecule has 1 saturated carbocycles. The van der Waals surface area contributed by atoms with E-state index in [1.807, 2.05) is 0 Å².